The van der Waals surface area contributed by atoms with Crippen molar-refractivity contribution in [3.05, 3.63) is 77.9 Å². The van der Waals surface area contributed by atoms with E-state index in [0.29, 0.717) is 29.3 Å². The summed E-state index contributed by atoms with van der Waals surface area (Å²) >= 11 is 0. The number of ether oxygens (including phenoxy) is 2. The van der Waals surface area contributed by atoms with Crippen molar-refractivity contribution in [2.24, 2.45) is 0 Å². The fraction of sp³-hybridized carbons (Fsp3) is 0.200. The Hall–Kier alpha value is -3.64. The predicted molar refractivity (Wildman–Crippen MR) is 119 cm³/mol. The number of nitrogens with zero attached hydrogens (tertiary/aromatic N) is 1. The largest absolute Gasteiger partial charge is 0.454 e. The van der Waals surface area contributed by atoms with Crippen molar-refractivity contribution >= 4 is 17.4 Å². The Morgan fingerprint density at radius 2 is 1.65 bits per heavy atom. The van der Waals surface area contributed by atoms with Gasteiger partial charge in [-0.2, -0.15) is 0 Å². The lowest BCUT2D eigenvalue weighted by Crippen LogP contribution is -2.30. The molecule has 0 unspecified atom stereocenters. The quantitative estimate of drug-likeness (QED) is 0.580. The molecule has 31 heavy (non-hydrogen) atoms. The summed E-state index contributed by atoms with van der Waals surface area (Å²) in [6.07, 6.45) is 0. The Morgan fingerprint density at radius 1 is 0.968 bits per heavy atom. The molecule has 0 bridgehead atoms. The zero-order valence-corrected chi connectivity index (χ0v) is 17.6. The van der Waals surface area contributed by atoms with Gasteiger partial charge in [-0.15, -0.1) is 0 Å². The van der Waals surface area contributed by atoms with E-state index in [0.717, 1.165) is 16.7 Å². The predicted octanol–water partition coefficient (Wildman–Crippen LogP) is 4.36. The number of rotatable bonds is 7. The summed E-state index contributed by atoms with van der Waals surface area (Å²) in [6, 6.07) is 21.6. The zero-order chi connectivity index (χ0) is 21.8. The van der Waals surface area contributed by atoms with E-state index >= 15 is 0 Å². The number of carbonyl (C=O) groups is 2. The summed E-state index contributed by atoms with van der Waals surface area (Å²) in [4.78, 5) is 26.7. The molecule has 0 aromatic heterocycles. The fourth-order valence-electron chi connectivity index (χ4n) is 3.68. The third-order valence-corrected chi connectivity index (χ3v) is 5.12. The molecule has 1 aliphatic heterocycles. The van der Waals surface area contributed by atoms with Crippen LogP contribution in [-0.4, -0.2) is 37.0 Å². The van der Waals surface area contributed by atoms with Crippen LogP contribution in [0.3, 0.4) is 0 Å². The van der Waals surface area contributed by atoms with Crippen LogP contribution in [0.2, 0.25) is 0 Å². The minimum absolute atomic E-state index is 0.105. The molecule has 0 spiro atoms. The van der Waals surface area contributed by atoms with Gasteiger partial charge in [-0.3, -0.25) is 14.5 Å². The number of likely N-dealkylation sites (N-methyl/N-ethyl adjacent to an activating group) is 1. The molecule has 1 N–H and O–H groups in total. The lowest BCUT2D eigenvalue weighted by atomic mass is 9.99. The van der Waals surface area contributed by atoms with Gasteiger partial charge in [0.25, 0.3) is 0 Å². The van der Waals surface area contributed by atoms with Crippen molar-refractivity contribution in [1.29, 1.82) is 0 Å². The van der Waals surface area contributed by atoms with Crippen molar-refractivity contribution in [2.45, 2.75) is 13.5 Å². The molecular weight excluding hydrogens is 392 g/mol. The van der Waals surface area contributed by atoms with Crippen LogP contribution in [0.25, 0.3) is 11.1 Å². The highest BCUT2D eigenvalue weighted by Gasteiger charge is 2.21. The second-order valence-electron chi connectivity index (χ2n) is 7.55. The van der Waals surface area contributed by atoms with E-state index in [4.69, 9.17) is 9.47 Å². The van der Waals surface area contributed by atoms with Gasteiger partial charge in [-0.05, 0) is 36.7 Å². The molecule has 4 rings (SSSR count). The summed E-state index contributed by atoms with van der Waals surface area (Å²) in [6.45, 7) is 2.35. The standard InChI is InChI=1S/C25H24N2O4/c1-17(28)21-12-23-24(31-16-30-23)13-22(21)26-25(29)15-27(2)14-19-10-6-7-11-20(19)18-8-4-3-5-9-18/h3-13H,14-16H2,1-2H3,(H,26,29). The molecule has 1 heterocycles. The van der Waals surface area contributed by atoms with Crippen LogP contribution < -0.4 is 14.8 Å². The van der Waals surface area contributed by atoms with E-state index in [1.165, 1.54) is 6.92 Å². The van der Waals surface area contributed by atoms with Gasteiger partial charge in [-0.1, -0.05) is 54.6 Å². The highest BCUT2D eigenvalue weighted by molar-refractivity contribution is 6.05. The first-order valence-corrected chi connectivity index (χ1v) is 10.1. The average molecular weight is 416 g/mol. The van der Waals surface area contributed by atoms with E-state index in [9.17, 15) is 9.59 Å². The Bertz CT molecular complexity index is 1110. The molecule has 0 radical (unpaired) electrons. The maximum Gasteiger partial charge on any atom is 0.238 e. The Labute approximate surface area is 181 Å². The molecule has 0 saturated heterocycles. The highest BCUT2D eigenvalue weighted by atomic mass is 16.7. The second-order valence-corrected chi connectivity index (χ2v) is 7.55. The summed E-state index contributed by atoms with van der Waals surface area (Å²) in [7, 11) is 1.90. The van der Waals surface area contributed by atoms with Crippen molar-refractivity contribution in [2.75, 3.05) is 25.7 Å². The number of hydrogen-bond acceptors (Lipinski definition) is 5. The normalized spacial score (nSPS) is 12.1. The van der Waals surface area contributed by atoms with Gasteiger partial charge in [0.15, 0.2) is 17.3 Å². The molecule has 3 aromatic rings. The summed E-state index contributed by atoms with van der Waals surface area (Å²) in [5.74, 6) is 0.670. The monoisotopic (exact) mass is 416 g/mol. The third kappa shape index (κ3) is 4.75. The maximum atomic E-state index is 12.7. The topological polar surface area (TPSA) is 67.9 Å². The number of carbonyl (C=O) groups excluding carboxylic acids is 2. The van der Waals surface area contributed by atoms with E-state index in [1.54, 1.807) is 12.1 Å². The van der Waals surface area contributed by atoms with Gasteiger partial charge < -0.3 is 14.8 Å². The first kappa shape index (κ1) is 20.6. The van der Waals surface area contributed by atoms with E-state index in [-0.39, 0.29) is 25.0 Å². The molecular formula is C25H24N2O4. The number of nitrogens with one attached hydrogen (secondary N) is 1. The van der Waals surface area contributed by atoms with E-state index in [1.807, 2.05) is 42.3 Å². The summed E-state index contributed by atoms with van der Waals surface area (Å²) in [5, 5.41) is 2.85. The lowest BCUT2D eigenvalue weighted by molar-refractivity contribution is -0.117. The van der Waals surface area contributed by atoms with Crippen molar-refractivity contribution in [3.8, 4) is 22.6 Å². The molecule has 0 atom stereocenters. The van der Waals surface area contributed by atoms with E-state index in [2.05, 4.69) is 29.6 Å². The molecule has 3 aromatic carbocycles. The van der Waals surface area contributed by atoms with Crippen LogP contribution in [0.1, 0.15) is 22.8 Å². The third-order valence-electron chi connectivity index (χ3n) is 5.12. The molecule has 158 valence electrons. The SMILES string of the molecule is CC(=O)c1cc2c(cc1NC(=O)CN(C)Cc1ccccc1-c1ccccc1)OCO2. The number of hydrogen-bond donors (Lipinski definition) is 1. The zero-order valence-electron chi connectivity index (χ0n) is 17.6. The molecule has 1 aliphatic rings. The molecule has 0 saturated carbocycles. The molecule has 0 aliphatic carbocycles. The lowest BCUT2D eigenvalue weighted by Gasteiger charge is -2.19. The number of amides is 1. The Balaban J connectivity index is 1.46. The number of fused-ring (bicyclic) bond motifs is 1. The Kier molecular flexibility index (Phi) is 6.00. The average Bonchev–Trinajstić information content (AvgIpc) is 3.21. The van der Waals surface area contributed by atoms with Crippen molar-refractivity contribution < 1.29 is 19.1 Å². The van der Waals surface area contributed by atoms with Crippen molar-refractivity contribution in [1.82, 2.24) is 4.90 Å². The van der Waals surface area contributed by atoms with Gasteiger partial charge in [0.1, 0.15) is 0 Å². The first-order valence-electron chi connectivity index (χ1n) is 10.1. The fourth-order valence-corrected chi connectivity index (χ4v) is 3.68. The number of Topliss-reactive ketones (excluding diaryl/α,β-unsaturated/α-hetero) is 1. The van der Waals surface area contributed by atoms with Gasteiger partial charge >= 0.3 is 0 Å². The summed E-state index contributed by atoms with van der Waals surface area (Å²) < 4.78 is 10.7. The molecule has 0 fully saturated rings. The van der Waals surface area contributed by atoms with Crippen LogP contribution in [0.5, 0.6) is 11.5 Å². The van der Waals surface area contributed by atoms with Crippen LogP contribution in [0, 0.1) is 0 Å². The van der Waals surface area contributed by atoms with Crippen LogP contribution in [0.4, 0.5) is 5.69 Å². The molecule has 6 heteroatoms. The van der Waals surface area contributed by atoms with Gasteiger partial charge in [0, 0.05) is 18.2 Å². The maximum absolute atomic E-state index is 12.7. The second kappa shape index (κ2) is 9.02. The Morgan fingerprint density at radius 3 is 2.39 bits per heavy atom. The number of benzene rings is 3. The van der Waals surface area contributed by atoms with Crippen LogP contribution >= 0.6 is 0 Å². The highest BCUT2D eigenvalue weighted by Crippen LogP contribution is 2.37. The van der Waals surface area contributed by atoms with Crippen LogP contribution in [0.15, 0.2) is 66.7 Å². The smallest absolute Gasteiger partial charge is 0.238 e. The molecule has 1 amide bonds. The van der Waals surface area contributed by atoms with Gasteiger partial charge in [0.05, 0.1) is 12.2 Å². The van der Waals surface area contributed by atoms with Crippen molar-refractivity contribution in [3.63, 3.8) is 0 Å². The van der Waals surface area contributed by atoms with E-state index < -0.39 is 0 Å². The number of anilines is 1. The molecule has 6 nitrogen and oxygen atoms in total. The van der Waals surface area contributed by atoms with Gasteiger partial charge in [0.2, 0.25) is 12.7 Å². The number of ketones is 1. The minimum atomic E-state index is -0.207. The minimum Gasteiger partial charge on any atom is -0.454 e. The first-order chi connectivity index (χ1) is 15.0. The summed E-state index contributed by atoms with van der Waals surface area (Å²) in [5.41, 5.74) is 4.25. The van der Waals surface area contributed by atoms with Gasteiger partial charge in [-0.25, -0.2) is 0 Å². The van der Waals surface area contributed by atoms with Crippen LogP contribution in [-0.2, 0) is 11.3 Å².